The molecule has 0 unspecified atom stereocenters. The van der Waals surface area contributed by atoms with Gasteiger partial charge in [-0.15, -0.1) is 0 Å². The van der Waals surface area contributed by atoms with Crippen molar-refractivity contribution in [3.8, 4) is 0 Å². The second-order valence-corrected chi connectivity index (χ2v) is 2.57. The second-order valence-electron chi connectivity index (χ2n) is 2.57. The van der Waals surface area contributed by atoms with E-state index in [2.05, 4.69) is 11.4 Å². The van der Waals surface area contributed by atoms with Crippen LogP contribution in [0, 0.1) is 0 Å². The first-order chi connectivity index (χ1) is 4.86. The molecule has 1 heterocycles. The van der Waals surface area contributed by atoms with Gasteiger partial charge >= 0.3 is 0 Å². The van der Waals surface area contributed by atoms with Crippen LogP contribution in [0.2, 0.25) is 0 Å². The van der Waals surface area contributed by atoms with Crippen molar-refractivity contribution in [1.29, 1.82) is 0 Å². The number of fused-ring (bicyclic) bond motifs is 1. The fourth-order valence-electron chi connectivity index (χ4n) is 1.24. The molecule has 0 bridgehead atoms. The number of hydrogen-bond donors (Lipinski definition) is 1. The largest absolute Gasteiger partial charge is 0.399 e. The lowest BCUT2D eigenvalue weighted by Gasteiger charge is -1.96. The molecule has 2 N–H and O–H groups in total. The maximum Gasteiger partial charge on any atom is 0.0392 e. The summed E-state index contributed by atoms with van der Waals surface area (Å²) in [6, 6.07) is 5.99. The van der Waals surface area contributed by atoms with E-state index in [-0.39, 0.29) is 0 Å². The molecule has 2 nitrogen and oxygen atoms in total. The summed E-state index contributed by atoms with van der Waals surface area (Å²) >= 11 is 0. The standard InChI is InChI=1S/C8H9N2/c9-8-2-1-6-4-10-5-7(6)3-8/h1-3H,4-5,9H2. The SMILES string of the molecule is Nc1ccc2c(c1)C[N]C2. The summed E-state index contributed by atoms with van der Waals surface area (Å²) in [5, 5.41) is 4.24. The van der Waals surface area contributed by atoms with Crippen molar-refractivity contribution in [1.82, 2.24) is 5.32 Å². The Balaban J connectivity index is 2.52. The zero-order valence-electron chi connectivity index (χ0n) is 5.67. The fourth-order valence-corrected chi connectivity index (χ4v) is 1.24. The Morgan fingerprint density at radius 1 is 1.20 bits per heavy atom. The minimum atomic E-state index is 0.843. The van der Waals surface area contributed by atoms with Gasteiger partial charge in [-0.25, -0.2) is 5.32 Å². The summed E-state index contributed by atoms with van der Waals surface area (Å²) in [5.41, 5.74) is 9.05. The van der Waals surface area contributed by atoms with Crippen LogP contribution in [0.3, 0.4) is 0 Å². The molecule has 0 spiro atoms. The van der Waals surface area contributed by atoms with Crippen LogP contribution in [-0.2, 0) is 13.1 Å². The molecule has 0 aromatic heterocycles. The van der Waals surface area contributed by atoms with Crippen LogP contribution in [0.4, 0.5) is 5.69 Å². The van der Waals surface area contributed by atoms with E-state index >= 15 is 0 Å². The van der Waals surface area contributed by atoms with Crippen molar-refractivity contribution in [3.63, 3.8) is 0 Å². The lowest BCUT2D eigenvalue weighted by Crippen LogP contribution is -1.89. The third kappa shape index (κ3) is 0.772. The molecule has 1 aliphatic heterocycles. The Kier molecular flexibility index (Phi) is 1.14. The highest BCUT2D eigenvalue weighted by Gasteiger charge is 2.09. The second kappa shape index (κ2) is 1.99. The molecule has 0 aliphatic carbocycles. The predicted octanol–water partition coefficient (Wildman–Crippen LogP) is 0.887. The zero-order valence-corrected chi connectivity index (χ0v) is 5.67. The summed E-state index contributed by atoms with van der Waals surface area (Å²) in [5.74, 6) is 0. The Labute approximate surface area is 60.0 Å². The molecule has 0 fully saturated rings. The van der Waals surface area contributed by atoms with Gasteiger partial charge in [-0.05, 0) is 23.3 Å². The molecule has 10 heavy (non-hydrogen) atoms. The molecule has 2 rings (SSSR count). The van der Waals surface area contributed by atoms with E-state index in [4.69, 9.17) is 5.73 Å². The Hall–Kier alpha value is -1.02. The number of nitrogens with zero attached hydrogens (tertiary/aromatic N) is 1. The van der Waals surface area contributed by atoms with Gasteiger partial charge in [0.25, 0.3) is 0 Å². The number of anilines is 1. The van der Waals surface area contributed by atoms with Gasteiger partial charge in [0.05, 0.1) is 0 Å². The van der Waals surface area contributed by atoms with E-state index < -0.39 is 0 Å². The molecule has 0 amide bonds. The van der Waals surface area contributed by atoms with E-state index in [1.54, 1.807) is 0 Å². The van der Waals surface area contributed by atoms with Gasteiger partial charge in [-0.3, -0.25) is 0 Å². The van der Waals surface area contributed by atoms with Gasteiger partial charge in [0.15, 0.2) is 0 Å². The fraction of sp³-hybridized carbons (Fsp3) is 0.250. The van der Waals surface area contributed by atoms with Gasteiger partial charge in [-0.2, -0.15) is 0 Å². The topological polar surface area (TPSA) is 40.1 Å². The zero-order chi connectivity index (χ0) is 6.97. The summed E-state index contributed by atoms with van der Waals surface area (Å²) in [4.78, 5) is 0. The van der Waals surface area contributed by atoms with Crippen molar-refractivity contribution in [2.45, 2.75) is 13.1 Å². The van der Waals surface area contributed by atoms with E-state index in [9.17, 15) is 0 Å². The van der Waals surface area contributed by atoms with Gasteiger partial charge in [-0.1, -0.05) is 6.07 Å². The quantitative estimate of drug-likeness (QED) is 0.524. The Morgan fingerprint density at radius 3 is 2.90 bits per heavy atom. The van der Waals surface area contributed by atoms with Crippen LogP contribution in [0.15, 0.2) is 18.2 Å². The van der Waals surface area contributed by atoms with E-state index in [1.165, 1.54) is 11.1 Å². The molecule has 1 radical (unpaired) electrons. The van der Waals surface area contributed by atoms with E-state index in [0.29, 0.717) is 0 Å². The summed E-state index contributed by atoms with van der Waals surface area (Å²) in [6.07, 6.45) is 0. The van der Waals surface area contributed by atoms with Crippen LogP contribution in [0.5, 0.6) is 0 Å². The van der Waals surface area contributed by atoms with E-state index in [0.717, 1.165) is 18.8 Å². The number of rotatable bonds is 0. The highest BCUT2D eigenvalue weighted by Crippen LogP contribution is 2.18. The average molecular weight is 133 g/mol. The average Bonchev–Trinajstić information content (AvgIpc) is 2.33. The summed E-state index contributed by atoms with van der Waals surface area (Å²) < 4.78 is 0. The van der Waals surface area contributed by atoms with Crippen LogP contribution >= 0.6 is 0 Å². The van der Waals surface area contributed by atoms with Gasteiger partial charge in [0.1, 0.15) is 0 Å². The smallest absolute Gasteiger partial charge is 0.0392 e. The van der Waals surface area contributed by atoms with Crippen molar-refractivity contribution in [2.75, 3.05) is 5.73 Å². The van der Waals surface area contributed by atoms with Crippen LogP contribution in [-0.4, -0.2) is 0 Å². The monoisotopic (exact) mass is 133 g/mol. The van der Waals surface area contributed by atoms with Gasteiger partial charge in [0.2, 0.25) is 0 Å². The molecular formula is C8H9N2. The first kappa shape index (κ1) is 5.74. The molecule has 1 aromatic carbocycles. The Morgan fingerprint density at radius 2 is 2.00 bits per heavy atom. The van der Waals surface area contributed by atoms with Crippen LogP contribution in [0.1, 0.15) is 11.1 Å². The van der Waals surface area contributed by atoms with Crippen LogP contribution in [0.25, 0.3) is 0 Å². The predicted molar refractivity (Wildman–Crippen MR) is 40.4 cm³/mol. The van der Waals surface area contributed by atoms with Gasteiger partial charge in [0, 0.05) is 18.8 Å². The number of nitrogen functional groups attached to an aromatic ring is 1. The molecule has 1 aromatic rings. The van der Waals surface area contributed by atoms with Crippen molar-refractivity contribution in [3.05, 3.63) is 29.3 Å². The Bertz CT molecular complexity index is 255. The molecule has 1 aliphatic rings. The molecule has 0 saturated carbocycles. The normalized spacial score (nSPS) is 15.2. The number of hydrogen-bond acceptors (Lipinski definition) is 1. The molecule has 51 valence electrons. The minimum Gasteiger partial charge on any atom is -0.399 e. The highest BCUT2D eigenvalue weighted by molar-refractivity contribution is 5.45. The minimum absolute atomic E-state index is 0.843. The van der Waals surface area contributed by atoms with Crippen molar-refractivity contribution in [2.24, 2.45) is 0 Å². The van der Waals surface area contributed by atoms with E-state index in [1.807, 2.05) is 12.1 Å². The lowest BCUT2D eigenvalue weighted by molar-refractivity contribution is 0.746. The van der Waals surface area contributed by atoms with Crippen LogP contribution < -0.4 is 11.1 Å². The molecule has 2 heteroatoms. The summed E-state index contributed by atoms with van der Waals surface area (Å²) in [7, 11) is 0. The lowest BCUT2D eigenvalue weighted by atomic mass is 10.1. The van der Waals surface area contributed by atoms with Crippen molar-refractivity contribution < 1.29 is 0 Å². The third-order valence-electron chi connectivity index (χ3n) is 1.79. The highest BCUT2D eigenvalue weighted by atomic mass is 14.9. The first-order valence-corrected chi connectivity index (χ1v) is 3.37. The van der Waals surface area contributed by atoms with Gasteiger partial charge < -0.3 is 5.73 Å². The van der Waals surface area contributed by atoms with Crippen molar-refractivity contribution >= 4 is 5.69 Å². The summed E-state index contributed by atoms with van der Waals surface area (Å²) in [6.45, 7) is 1.72. The maximum absolute atomic E-state index is 5.59. The number of benzene rings is 1. The molecule has 0 saturated heterocycles. The molecular weight excluding hydrogens is 124 g/mol. The maximum atomic E-state index is 5.59. The number of nitrogens with two attached hydrogens (primary N) is 1. The first-order valence-electron chi connectivity index (χ1n) is 3.37. The third-order valence-corrected chi connectivity index (χ3v) is 1.79. The molecule has 0 atom stereocenters.